The Morgan fingerprint density at radius 2 is 1.64 bits per heavy atom. The summed E-state index contributed by atoms with van der Waals surface area (Å²) in [7, 11) is 1.36. The number of ether oxygens (including phenoxy) is 2. The second-order valence-electron chi connectivity index (χ2n) is 8.23. The van der Waals surface area contributed by atoms with Gasteiger partial charge in [-0.05, 0) is 23.3 Å². The average molecular weight is 500 g/mol. The van der Waals surface area contributed by atoms with Gasteiger partial charge < -0.3 is 25.2 Å². The summed E-state index contributed by atoms with van der Waals surface area (Å²) in [5.41, 5.74) is -2.87. The molecule has 2 amide bonds. The summed E-state index contributed by atoms with van der Waals surface area (Å²) < 4.78 is 53.5. The number of methoxy groups -OCH3 is 1. The van der Waals surface area contributed by atoms with Gasteiger partial charge in [-0.1, -0.05) is 66.7 Å². The van der Waals surface area contributed by atoms with Crippen molar-refractivity contribution in [2.24, 2.45) is 5.92 Å². The van der Waals surface area contributed by atoms with Crippen molar-refractivity contribution >= 4 is 11.8 Å². The molecule has 188 valence electrons. The zero-order valence-corrected chi connectivity index (χ0v) is 19.1. The number of alkyl halides is 3. The molecule has 36 heavy (non-hydrogen) atoms. The molecule has 0 radical (unpaired) electrons. The van der Waals surface area contributed by atoms with Crippen molar-refractivity contribution in [1.29, 1.82) is 0 Å². The quantitative estimate of drug-likeness (QED) is 0.419. The highest BCUT2D eigenvalue weighted by molar-refractivity contribution is 6.00. The second-order valence-corrected chi connectivity index (χ2v) is 8.23. The van der Waals surface area contributed by atoms with Crippen LogP contribution in [-0.4, -0.2) is 35.9 Å². The van der Waals surface area contributed by atoms with E-state index in [1.807, 2.05) is 30.3 Å². The molecule has 1 aliphatic rings. The van der Waals surface area contributed by atoms with Crippen LogP contribution in [0, 0.1) is 5.92 Å². The Bertz CT molecular complexity index is 1240. The van der Waals surface area contributed by atoms with E-state index in [1.54, 1.807) is 6.07 Å². The number of nitrogens with one attached hydrogen (secondary N) is 2. The summed E-state index contributed by atoms with van der Waals surface area (Å²) in [6.07, 6.45) is -5.35. The largest absolute Gasteiger partial charge is 0.493 e. The number of aliphatic hydroxyl groups is 1. The third-order valence-corrected chi connectivity index (χ3v) is 5.93. The first-order valence-electron chi connectivity index (χ1n) is 11.0. The fraction of sp³-hybridized carbons (Fsp3) is 0.231. The molecule has 3 N–H and O–H groups in total. The molecule has 0 bridgehead atoms. The first kappa shape index (κ1) is 25.1. The Morgan fingerprint density at radius 1 is 1.00 bits per heavy atom. The second kappa shape index (κ2) is 9.90. The van der Waals surface area contributed by atoms with Gasteiger partial charge in [-0.15, -0.1) is 0 Å². The predicted octanol–water partition coefficient (Wildman–Crippen LogP) is 4.38. The van der Waals surface area contributed by atoms with Crippen LogP contribution in [0.15, 0.2) is 78.9 Å². The maximum Gasteiger partial charge on any atom is 0.437 e. The summed E-state index contributed by atoms with van der Waals surface area (Å²) in [6, 6.07) is 18.0. The molecule has 3 aromatic rings. The van der Waals surface area contributed by atoms with E-state index in [9.17, 15) is 27.9 Å². The monoisotopic (exact) mass is 500 g/mol. The number of rotatable bonds is 7. The first-order valence-corrected chi connectivity index (χ1v) is 11.0. The van der Waals surface area contributed by atoms with E-state index in [0.717, 1.165) is 5.56 Å². The normalized spacial score (nSPS) is 21.8. The highest BCUT2D eigenvalue weighted by Crippen LogP contribution is 2.45. The van der Waals surface area contributed by atoms with E-state index in [0.29, 0.717) is 5.75 Å². The Hall–Kier alpha value is -4.05. The maximum atomic E-state index is 14.1. The van der Waals surface area contributed by atoms with Gasteiger partial charge in [0.2, 0.25) is 5.72 Å². The number of carbonyl (C=O) groups is 2. The molecular weight excluding hydrogens is 477 g/mol. The number of hydrogen-bond donors (Lipinski definition) is 3. The van der Waals surface area contributed by atoms with Crippen molar-refractivity contribution < 1.29 is 37.3 Å². The summed E-state index contributed by atoms with van der Waals surface area (Å²) in [6.45, 7) is 0.212. The van der Waals surface area contributed by atoms with Gasteiger partial charge in [0.1, 0.15) is 12.5 Å². The van der Waals surface area contributed by atoms with Gasteiger partial charge in [0.05, 0.1) is 13.2 Å². The average Bonchev–Trinajstić information content (AvgIpc) is 2.87. The number of ketones is 1. The third-order valence-electron chi connectivity index (χ3n) is 5.93. The van der Waals surface area contributed by atoms with E-state index in [2.05, 4.69) is 5.32 Å². The zero-order chi connectivity index (χ0) is 25.9. The van der Waals surface area contributed by atoms with Crippen LogP contribution in [0.3, 0.4) is 0 Å². The topological polar surface area (TPSA) is 96.9 Å². The molecule has 1 saturated heterocycles. The van der Waals surface area contributed by atoms with E-state index >= 15 is 0 Å². The summed E-state index contributed by atoms with van der Waals surface area (Å²) in [5, 5.41) is 14.6. The maximum absolute atomic E-state index is 14.1. The van der Waals surface area contributed by atoms with E-state index in [4.69, 9.17) is 9.47 Å². The molecule has 3 aromatic carbocycles. The predicted molar refractivity (Wildman–Crippen MR) is 123 cm³/mol. The molecule has 0 aromatic heterocycles. The smallest absolute Gasteiger partial charge is 0.437 e. The molecule has 3 atom stereocenters. The van der Waals surface area contributed by atoms with Gasteiger partial charge in [-0.2, -0.15) is 13.2 Å². The third kappa shape index (κ3) is 4.85. The van der Waals surface area contributed by atoms with Crippen LogP contribution >= 0.6 is 0 Å². The van der Waals surface area contributed by atoms with E-state index in [1.165, 1.54) is 54.9 Å². The van der Waals surface area contributed by atoms with Crippen molar-refractivity contribution in [3.05, 3.63) is 95.6 Å². The van der Waals surface area contributed by atoms with Gasteiger partial charge in [0, 0.05) is 5.56 Å². The molecule has 0 saturated carbocycles. The van der Waals surface area contributed by atoms with Crippen LogP contribution < -0.4 is 20.1 Å². The molecule has 1 fully saturated rings. The van der Waals surface area contributed by atoms with Crippen molar-refractivity contribution in [2.75, 3.05) is 7.11 Å². The van der Waals surface area contributed by atoms with Crippen LogP contribution in [0.1, 0.15) is 27.5 Å². The fourth-order valence-corrected chi connectivity index (χ4v) is 4.13. The van der Waals surface area contributed by atoms with Crippen LogP contribution in [0.25, 0.3) is 0 Å². The molecule has 7 nitrogen and oxygen atoms in total. The summed E-state index contributed by atoms with van der Waals surface area (Å²) >= 11 is 0. The SMILES string of the molecule is COc1cc([C@@H]2NC(=O)N[C@@](O)(C(F)(F)F)[C@@H]2C(=O)c2ccccc2)ccc1OCc1ccccc1. The van der Waals surface area contributed by atoms with E-state index in [-0.39, 0.29) is 23.5 Å². The minimum atomic E-state index is -5.35. The Labute approximate surface area is 204 Å². The van der Waals surface area contributed by atoms with Crippen molar-refractivity contribution in [1.82, 2.24) is 10.6 Å². The fourth-order valence-electron chi connectivity index (χ4n) is 4.13. The number of urea groups is 1. The highest BCUT2D eigenvalue weighted by Gasteiger charge is 2.66. The highest BCUT2D eigenvalue weighted by atomic mass is 19.4. The van der Waals surface area contributed by atoms with Gasteiger partial charge >= 0.3 is 12.2 Å². The van der Waals surface area contributed by atoms with Gasteiger partial charge in [-0.25, -0.2) is 4.79 Å². The lowest BCUT2D eigenvalue weighted by atomic mass is 9.77. The molecular formula is C26H23F3N2O5. The van der Waals surface area contributed by atoms with Crippen LogP contribution in [0.2, 0.25) is 0 Å². The van der Waals surface area contributed by atoms with Crippen LogP contribution in [-0.2, 0) is 6.61 Å². The van der Waals surface area contributed by atoms with Crippen LogP contribution in [0.5, 0.6) is 11.5 Å². The minimum Gasteiger partial charge on any atom is -0.493 e. The van der Waals surface area contributed by atoms with Crippen LogP contribution in [0.4, 0.5) is 18.0 Å². The lowest BCUT2D eigenvalue weighted by Gasteiger charge is -2.45. The number of halogens is 3. The summed E-state index contributed by atoms with van der Waals surface area (Å²) in [5.74, 6) is -2.66. The Kier molecular flexibility index (Phi) is 6.89. The molecule has 0 aliphatic carbocycles. The lowest BCUT2D eigenvalue weighted by molar-refractivity contribution is -0.287. The van der Waals surface area contributed by atoms with Crippen molar-refractivity contribution in [3.8, 4) is 11.5 Å². The number of amides is 2. The van der Waals surface area contributed by atoms with Gasteiger partial charge in [-0.3, -0.25) is 4.79 Å². The van der Waals surface area contributed by atoms with Crippen molar-refractivity contribution in [2.45, 2.75) is 24.6 Å². The molecule has 1 heterocycles. The Balaban J connectivity index is 1.73. The summed E-state index contributed by atoms with van der Waals surface area (Å²) in [4.78, 5) is 25.6. The molecule has 0 unspecified atom stereocenters. The standard InChI is InChI=1S/C26H23F3N2O5/c1-35-20-14-18(12-13-19(20)36-15-16-8-4-2-5-9-16)22-21(23(32)17-10-6-3-7-11-17)25(34,26(27,28)29)31-24(33)30-22/h2-14,21-22,34H,15H2,1H3,(H2,30,31,33)/t21-,22-,25-/m0/s1. The number of carbonyl (C=O) groups excluding carboxylic acids is 2. The molecule has 0 spiro atoms. The zero-order valence-electron chi connectivity index (χ0n) is 19.1. The first-order chi connectivity index (χ1) is 17.1. The van der Waals surface area contributed by atoms with Gasteiger partial charge in [0.25, 0.3) is 0 Å². The van der Waals surface area contributed by atoms with Crippen molar-refractivity contribution in [3.63, 3.8) is 0 Å². The number of benzene rings is 3. The lowest BCUT2D eigenvalue weighted by Crippen LogP contribution is -2.72. The molecule has 4 rings (SSSR count). The number of hydrogen-bond acceptors (Lipinski definition) is 5. The minimum absolute atomic E-state index is 0.0529. The molecule has 1 aliphatic heterocycles. The van der Waals surface area contributed by atoms with E-state index < -0.39 is 35.7 Å². The Morgan fingerprint density at radius 3 is 2.25 bits per heavy atom. The number of Topliss-reactive ketones (excluding diaryl/α,β-unsaturated/α-hetero) is 1. The van der Waals surface area contributed by atoms with Gasteiger partial charge in [0.15, 0.2) is 17.3 Å². The molecule has 10 heteroatoms.